The average Bonchev–Trinajstić information content (AvgIpc) is 3.03. The molecule has 0 aliphatic carbocycles. The number of nitro groups is 1. The molecule has 5 nitrogen and oxygen atoms in total. The van der Waals surface area contributed by atoms with Gasteiger partial charge in [-0.1, -0.05) is 115 Å². The molecular weight excluding hydrogens is 544 g/mol. The molecule has 0 radical (unpaired) electrons. The Morgan fingerprint density at radius 2 is 1.23 bits per heavy atom. The van der Waals surface area contributed by atoms with E-state index in [1.165, 1.54) is 12.1 Å². The third-order valence-electron chi connectivity index (χ3n) is 8.61. The van der Waals surface area contributed by atoms with Crippen LogP contribution in [-0.2, 0) is 16.6 Å². The summed E-state index contributed by atoms with van der Waals surface area (Å²) in [5.41, 5.74) is 7.12. The Morgan fingerprint density at radius 3 is 1.70 bits per heavy atom. The average molecular weight is 579 g/mol. The molecule has 1 aliphatic rings. The van der Waals surface area contributed by atoms with Gasteiger partial charge in [0.15, 0.2) is 0 Å². The van der Waals surface area contributed by atoms with E-state index in [9.17, 15) is 14.9 Å². The number of carbonyl (C=O) groups excluding carboxylic acids is 1. The zero-order valence-electron chi connectivity index (χ0n) is 25.1. The summed E-state index contributed by atoms with van der Waals surface area (Å²) in [6, 6.07) is 44.4. The molecule has 0 fully saturated rings. The number of hydrogen-bond acceptors (Lipinski definition) is 3. The van der Waals surface area contributed by atoms with E-state index in [1.807, 2.05) is 36.9 Å². The minimum Gasteiger partial charge on any atom is -0.302 e. The second-order valence-electron chi connectivity index (χ2n) is 11.9. The van der Waals surface area contributed by atoms with Gasteiger partial charge in [-0.05, 0) is 66.3 Å². The molecule has 0 N–H and O–H groups in total. The summed E-state index contributed by atoms with van der Waals surface area (Å²) >= 11 is 0. The monoisotopic (exact) mass is 578 g/mol. The highest BCUT2D eigenvalue weighted by Gasteiger charge is 2.41. The van der Waals surface area contributed by atoms with E-state index in [1.54, 1.807) is 12.1 Å². The summed E-state index contributed by atoms with van der Waals surface area (Å²) in [5, 5.41) is 11.1. The van der Waals surface area contributed by atoms with Gasteiger partial charge in [0.1, 0.15) is 0 Å². The van der Waals surface area contributed by atoms with Gasteiger partial charge in [-0.15, -0.1) is 0 Å². The van der Waals surface area contributed by atoms with Gasteiger partial charge < -0.3 is 4.90 Å². The second-order valence-corrected chi connectivity index (χ2v) is 11.9. The van der Waals surface area contributed by atoms with Crippen LogP contribution in [0.3, 0.4) is 0 Å². The number of hydrogen-bond donors (Lipinski definition) is 0. The van der Waals surface area contributed by atoms with Crippen LogP contribution in [0, 0.1) is 10.1 Å². The second kappa shape index (κ2) is 11.4. The number of allylic oxidation sites excluding steroid dienone is 1. The number of carbonyl (C=O) groups is 1. The van der Waals surface area contributed by atoms with Crippen LogP contribution in [0.15, 0.2) is 140 Å². The molecular formula is C39H34N2O3. The molecule has 1 aliphatic heterocycles. The van der Waals surface area contributed by atoms with Gasteiger partial charge in [0.2, 0.25) is 5.91 Å². The van der Waals surface area contributed by atoms with Crippen molar-refractivity contribution < 1.29 is 9.72 Å². The molecule has 0 spiro atoms. The lowest BCUT2D eigenvalue weighted by molar-refractivity contribution is -0.384. The highest BCUT2D eigenvalue weighted by atomic mass is 16.6. The number of fused-ring (bicyclic) bond motifs is 1. The Labute approximate surface area is 258 Å². The van der Waals surface area contributed by atoms with Crippen LogP contribution in [0.4, 0.5) is 11.4 Å². The summed E-state index contributed by atoms with van der Waals surface area (Å²) in [4.78, 5) is 26.6. The SMILES string of the molecule is CC1=CC(C)(C)N(C(=O)Cc2ccc([N+](=O)[O-])cc2)c2ccc(C(c3ccccc3)(c3ccccc3)c3ccccc3)cc21. The van der Waals surface area contributed by atoms with Crippen LogP contribution in [0.25, 0.3) is 5.57 Å². The van der Waals surface area contributed by atoms with Gasteiger partial charge in [0, 0.05) is 17.7 Å². The molecule has 1 amide bonds. The Hall–Kier alpha value is -5.29. The van der Waals surface area contributed by atoms with Crippen molar-refractivity contribution in [2.24, 2.45) is 0 Å². The Morgan fingerprint density at radius 1 is 0.727 bits per heavy atom. The first-order valence-corrected chi connectivity index (χ1v) is 14.8. The fraction of sp³-hybridized carbons (Fsp3) is 0.154. The van der Waals surface area contributed by atoms with Crippen LogP contribution < -0.4 is 4.90 Å². The molecule has 5 heteroatoms. The van der Waals surface area contributed by atoms with Crippen molar-refractivity contribution in [1.82, 2.24) is 0 Å². The Balaban J connectivity index is 1.52. The summed E-state index contributed by atoms with van der Waals surface area (Å²) in [7, 11) is 0. The van der Waals surface area contributed by atoms with Crippen LogP contribution in [0.1, 0.15) is 54.2 Å². The van der Waals surface area contributed by atoms with E-state index in [2.05, 4.69) is 104 Å². The number of benzene rings is 5. The van der Waals surface area contributed by atoms with Crippen molar-refractivity contribution in [2.75, 3.05) is 4.90 Å². The van der Waals surface area contributed by atoms with E-state index in [-0.39, 0.29) is 18.0 Å². The Bertz CT molecular complexity index is 1750. The van der Waals surface area contributed by atoms with Crippen LogP contribution in [0.2, 0.25) is 0 Å². The maximum Gasteiger partial charge on any atom is 0.269 e. The fourth-order valence-corrected chi connectivity index (χ4v) is 6.77. The molecule has 44 heavy (non-hydrogen) atoms. The van der Waals surface area contributed by atoms with Gasteiger partial charge in [0.25, 0.3) is 5.69 Å². The van der Waals surface area contributed by atoms with E-state index < -0.39 is 15.9 Å². The minimum absolute atomic E-state index is 0.00895. The minimum atomic E-state index is -0.598. The predicted octanol–water partition coefficient (Wildman–Crippen LogP) is 8.75. The van der Waals surface area contributed by atoms with E-state index in [0.29, 0.717) is 0 Å². The first-order valence-electron chi connectivity index (χ1n) is 14.8. The molecule has 218 valence electrons. The molecule has 5 aromatic carbocycles. The molecule has 6 rings (SSSR count). The van der Waals surface area contributed by atoms with Crippen LogP contribution >= 0.6 is 0 Å². The maximum atomic E-state index is 14.0. The standard InChI is InChI=1S/C39H34N2O3/c1-28-27-38(2,3)40(37(42)25-29-19-22-34(23-20-29)41(43)44)36-24-21-33(26-35(28)36)39(30-13-7-4-8-14-30,31-15-9-5-10-16-31)32-17-11-6-12-18-32/h4-24,26-27H,25H2,1-3H3. The van der Waals surface area contributed by atoms with Crippen molar-refractivity contribution in [1.29, 1.82) is 0 Å². The molecule has 0 bridgehead atoms. The topological polar surface area (TPSA) is 63.5 Å². The summed E-state index contributed by atoms with van der Waals surface area (Å²) in [5.74, 6) is -0.0676. The lowest BCUT2D eigenvalue weighted by atomic mass is 9.64. The van der Waals surface area contributed by atoms with Crippen LogP contribution in [0.5, 0.6) is 0 Å². The third kappa shape index (κ3) is 5.01. The smallest absolute Gasteiger partial charge is 0.269 e. The number of non-ortho nitro benzene ring substituents is 1. The fourth-order valence-electron chi connectivity index (χ4n) is 6.77. The van der Waals surface area contributed by atoms with E-state index >= 15 is 0 Å². The molecule has 5 aromatic rings. The van der Waals surface area contributed by atoms with E-state index in [4.69, 9.17) is 0 Å². The Kier molecular flexibility index (Phi) is 7.48. The largest absolute Gasteiger partial charge is 0.302 e. The zero-order chi connectivity index (χ0) is 30.9. The summed E-state index contributed by atoms with van der Waals surface area (Å²) < 4.78 is 0. The quantitative estimate of drug-likeness (QED) is 0.110. The number of amides is 1. The summed E-state index contributed by atoms with van der Waals surface area (Å²) in [6.07, 6.45) is 2.29. The normalized spacial score (nSPS) is 14.0. The lowest BCUT2D eigenvalue weighted by Gasteiger charge is -2.43. The maximum absolute atomic E-state index is 14.0. The van der Waals surface area contributed by atoms with E-state index in [0.717, 1.165) is 44.6 Å². The van der Waals surface area contributed by atoms with Gasteiger partial charge in [-0.3, -0.25) is 14.9 Å². The van der Waals surface area contributed by atoms with Gasteiger partial charge >= 0.3 is 0 Å². The molecule has 0 aromatic heterocycles. The lowest BCUT2D eigenvalue weighted by Crippen LogP contribution is -2.49. The van der Waals surface area contributed by atoms with Crippen molar-refractivity contribution in [3.63, 3.8) is 0 Å². The molecule has 0 unspecified atom stereocenters. The molecule has 0 saturated heterocycles. The van der Waals surface area contributed by atoms with Crippen molar-refractivity contribution in [2.45, 2.75) is 38.1 Å². The molecule has 0 atom stereocenters. The van der Waals surface area contributed by atoms with Crippen molar-refractivity contribution in [3.05, 3.63) is 183 Å². The van der Waals surface area contributed by atoms with Crippen molar-refractivity contribution >= 4 is 22.9 Å². The summed E-state index contributed by atoms with van der Waals surface area (Å²) in [6.45, 7) is 6.20. The molecule has 0 saturated carbocycles. The van der Waals surface area contributed by atoms with Crippen LogP contribution in [-0.4, -0.2) is 16.4 Å². The predicted molar refractivity (Wildman–Crippen MR) is 177 cm³/mol. The van der Waals surface area contributed by atoms with Gasteiger partial charge in [-0.2, -0.15) is 0 Å². The van der Waals surface area contributed by atoms with Crippen molar-refractivity contribution in [3.8, 4) is 0 Å². The van der Waals surface area contributed by atoms with Gasteiger partial charge in [0.05, 0.1) is 28.0 Å². The number of anilines is 1. The first-order chi connectivity index (χ1) is 21.2. The number of rotatable bonds is 7. The zero-order valence-corrected chi connectivity index (χ0v) is 25.1. The highest BCUT2D eigenvalue weighted by Crippen LogP contribution is 2.48. The molecule has 1 heterocycles. The number of nitro benzene ring substituents is 1. The third-order valence-corrected chi connectivity index (χ3v) is 8.61. The van der Waals surface area contributed by atoms with Gasteiger partial charge in [-0.25, -0.2) is 0 Å². The first kappa shape index (κ1) is 28.8. The number of nitrogens with zero attached hydrogens (tertiary/aromatic N) is 2. The highest BCUT2D eigenvalue weighted by molar-refractivity contribution is 6.01.